The summed E-state index contributed by atoms with van der Waals surface area (Å²) in [6, 6.07) is 1.43. The van der Waals surface area contributed by atoms with Gasteiger partial charge in [-0.3, -0.25) is 13.6 Å². The second kappa shape index (κ2) is 6.91. The van der Waals surface area contributed by atoms with Crippen molar-refractivity contribution in [2.45, 2.75) is 51.2 Å². The molecule has 2 heterocycles. The molecule has 11 heteroatoms. The number of aliphatic hydroxyl groups is 1. The summed E-state index contributed by atoms with van der Waals surface area (Å²) in [5.74, 6) is 0.0789. The Kier molecular flexibility index (Phi) is 5.48. The highest BCUT2D eigenvalue weighted by molar-refractivity contribution is 7.47. The zero-order chi connectivity index (χ0) is 18.1. The minimum Gasteiger partial charge on any atom is -0.390 e. The Bertz CT molecular complexity index is 687. The molecule has 136 valence electrons. The maximum Gasteiger partial charge on any atom is 0.472 e. The average Bonchev–Trinajstić information content (AvgIpc) is 2.75. The average molecular weight is 363 g/mol. The molecule has 1 fully saturated rings. The fourth-order valence-corrected chi connectivity index (χ4v) is 3.30. The predicted molar refractivity (Wildman–Crippen MR) is 84.1 cm³/mol. The summed E-state index contributed by atoms with van der Waals surface area (Å²) in [4.78, 5) is 25.0. The topological polar surface area (TPSA) is 146 Å². The lowest BCUT2D eigenvalue weighted by Crippen LogP contribution is -2.28. The van der Waals surface area contributed by atoms with Gasteiger partial charge in [-0.1, -0.05) is 0 Å². The smallest absolute Gasteiger partial charge is 0.390 e. The molecular formula is C13H22N3O7P. The lowest BCUT2D eigenvalue weighted by molar-refractivity contribution is -0.0500. The van der Waals surface area contributed by atoms with Crippen LogP contribution >= 0.6 is 7.82 Å². The maximum atomic E-state index is 11.8. The van der Waals surface area contributed by atoms with Crippen molar-refractivity contribution in [3.63, 3.8) is 0 Å². The van der Waals surface area contributed by atoms with Crippen LogP contribution in [0.15, 0.2) is 17.1 Å². The minimum atomic E-state index is -4.29. The molecule has 1 aliphatic heterocycles. The van der Waals surface area contributed by atoms with Gasteiger partial charge in [0, 0.05) is 12.6 Å². The second-order valence-corrected chi connectivity index (χ2v) is 7.82. The third-order valence-electron chi connectivity index (χ3n) is 3.16. The molecule has 0 aliphatic carbocycles. The van der Waals surface area contributed by atoms with E-state index in [1.54, 1.807) is 20.8 Å². The fourth-order valence-electron chi connectivity index (χ4n) is 2.22. The number of nitrogens with zero attached hydrogens (tertiary/aromatic N) is 2. The number of hydrogen-bond donors (Lipinski definition) is 3. The van der Waals surface area contributed by atoms with Crippen LogP contribution in [0.2, 0.25) is 0 Å². The summed E-state index contributed by atoms with van der Waals surface area (Å²) < 4.78 is 28.4. The maximum absolute atomic E-state index is 11.8. The number of hydrogen-bond acceptors (Lipinski definition) is 8. The van der Waals surface area contributed by atoms with Gasteiger partial charge in [0.15, 0.2) is 0 Å². The van der Waals surface area contributed by atoms with Gasteiger partial charge in [-0.15, -0.1) is 0 Å². The summed E-state index contributed by atoms with van der Waals surface area (Å²) in [6.07, 6.45) is -1.12. The molecule has 24 heavy (non-hydrogen) atoms. The van der Waals surface area contributed by atoms with Crippen molar-refractivity contribution in [2.24, 2.45) is 0 Å². The highest BCUT2D eigenvalue weighted by atomic mass is 31.2. The third kappa shape index (κ3) is 5.10. The van der Waals surface area contributed by atoms with Crippen LogP contribution in [0.4, 0.5) is 5.82 Å². The van der Waals surface area contributed by atoms with Gasteiger partial charge in [0.25, 0.3) is 0 Å². The molecule has 2 rings (SSSR count). The van der Waals surface area contributed by atoms with Crippen molar-refractivity contribution in [1.82, 2.24) is 9.55 Å². The fraction of sp³-hybridized carbons (Fsp3) is 0.692. The normalized spacial score (nSPS) is 27.1. The van der Waals surface area contributed by atoms with Crippen molar-refractivity contribution in [2.75, 3.05) is 12.3 Å². The molecule has 1 saturated heterocycles. The van der Waals surface area contributed by atoms with Crippen LogP contribution in [0, 0.1) is 0 Å². The highest BCUT2D eigenvalue weighted by Crippen LogP contribution is 2.47. The van der Waals surface area contributed by atoms with Gasteiger partial charge in [-0.25, -0.2) is 9.36 Å². The number of aliphatic hydroxyl groups excluding tert-OH is 1. The molecule has 10 nitrogen and oxygen atoms in total. The standard InChI is InChI=1S/C13H22N3O7P/c1-13(2,3)23-24(19,20)21-7-9-8(17)6-11(22-9)16-5-4-10(14)15-12(16)18/h4-5,8-9,11,17H,6-7H2,1-3H3,(H,19,20)(H2,14,15,18)/t8?,9?,11-/m1/s1. The molecule has 4 atom stereocenters. The zero-order valence-electron chi connectivity index (χ0n) is 13.7. The van der Waals surface area contributed by atoms with Crippen molar-refractivity contribution < 1.29 is 28.3 Å². The molecule has 0 aromatic carbocycles. The Hall–Kier alpha value is -1.29. The van der Waals surface area contributed by atoms with E-state index in [1.807, 2.05) is 0 Å². The van der Waals surface area contributed by atoms with Crippen molar-refractivity contribution in [3.05, 3.63) is 22.7 Å². The molecular weight excluding hydrogens is 341 g/mol. The second-order valence-electron chi connectivity index (χ2n) is 6.44. The Morgan fingerprint density at radius 3 is 2.79 bits per heavy atom. The number of rotatable bonds is 5. The lowest BCUT2D eigenvalue weighted by atomic mass is 10.2. The van der Waals surface area contributed by atoms with Gasteiger partial charge >= 0.3 is 13.5 Å². The molecule has 0 amide bonds. The molecule has 0 spiro atoms. The first kappa shape index (κ1) is 19.0. The summed E-state index contributed by atoms with van der Waals surface area (Å²) in [6.45, 7) is 4.46. The van der Waals surface area contributed by atoms with Crippen LogP contribution in [0.3, 0.4) is 0 Å². The number of aromatic nitrogens is 2. The SMILES string of the molecule is CC(C)(C)OP(=O)(O)OCC1O[C@@H](n2ccc(N)nc2=O)CC1O. The van der Waals surface area contributed by atoms with Crippen LogP contribution in [0.1, 0.15) is 33.4 Å². The minimum absolute atomic E-state index is 0.0789. The van der Waals surface area contributed by atoms with E-state index in [2.05, 4.69) is 4.98 Å². The van der Waals surface area contributed by atoms with E-state index in [0.717, 1.165) is 0 Å². The van der Waals surface area contributed by atoms with Crippen LogP contribution < -0.4 is 11.4 Å². The van der Waals surface area contributed by atoms with E-state index in [9.17, 15) is 19.4 Å². The molecule has 0 bridgehead atoms. The van der Waals surface area contributed by atoms with Gasteiger partial charge in [0.05, 0.1) is 18.3 Å². The highest BCUT2D eigenvalue weighted by Gasteiger charge is 2.38. The van der Waals surface area contributed by atoms with Gasteiger partial charge in [0.1, 0.15) is 18.1 Å². The largest absolute Gasteiger partial charge is 0.472 e. The van der Waals surface area contributed by atoms with Gasteiger partial charge in [-0.05, 0) is 26.8 Å². The lowest BCUT2D eigenvalue weighted by Gasteiger charge is -2.24. The monoisotopic (exact) mass is 363 g/mol. The Morgan fingerprint density at radius 1 is 1.54 bits per heavy atom. The van der Waals surface area contributed by atoms with E-state index in [4.69, 9.17) is 19.5 Å². The number of nitrogen functional groups attached to an aromatic ring is 1. The number of phosphoric ester groups is 1. The number of phosphoric acid groups is 1. The molecule has 1 aromatic rings. The summed E-state index contributed by atoms with van der Waals surface area (Å²) in [5.41, 5.74) is 3.94. The van der Waals surface area contributed by atoms with Gasteiger partial charge in [0.2, 0.25) is 0 Å². The molecule has 0 saturated carbocycles. The van der Waals surface area contributed by atoms with Crippen molar-refractivity contribution >= 4 is 13.6 Å². The van der Waals surface area contributed by atoms with Crippen LogP contribution in [-0.4, -0.2) is 44.0 Å². The molecule has 4 N–H and O–H groups in total. The van der Waals surface area contributed by atoms with Crippen LogP contribution in [0.25, 0.3) is 0 Å². The van der Waals surface area contributed by atoms with E-state index >= 15 is 0 Å². The number of anilines is 1. The van der Waals surface area contributed by atoms with Crippen LogP contribution in [0.5, 0.6) is 0 Å². The van der Waals surface area contributed by atoms with Crippen LogP contribution in [-0.2, 0) is 18.3 Å². The predicted octanol–water partition coefficient (Wildman–Crippen LogP) is 0.406. The van der Waals surface area contributed by atoms with Crippen molar-refractivity contribution in [1.29, 1.82) is 0 Å². The number of ether oxygens (including phenoxy) is 1. The summed E-state index contributed by atoms with van der Waals surface area (Å²) >= 11 is 0. The van der Waals surface area contributed by atoms with Crippen molar-refractivity contribution in [3.8, 4) is 0 Å². The summed E-state index contributed by atoms with van der Waals surface area (Å²) in [5, 5.41) is 10.0. The van der Waals surface area contributed by atoms with E-state index in [-0.39, 0.29) is 18.8 Å². The first-order valence-corrected chi connectivity index (χ1v) is 8.83. The Balaban J connectivity index is 1.99. The molecule has 1 aliphatic rings. The van der Waals surface area contributed by atoms with E-state index in [1.165, 1.54) is 16.8 Å². The quantitative estimate of drug-likeness (QED) is 0.633. The van der Waals surface area contributed by atoms with E-state index in [0.29, 0.717) is 0 Å². The van der Waals surface area contributed by atoms with Gasteiger partial charge < -0.3 is 20.5 Å². The Labute approximate surface area is 138 Å². The molecule has 3 unspecified atom stereocenters. The first-order valence-electron chi connectivity index (χ1n) is 7.33. The molecule has 1 aromatic heterocycles. The van der Waals surface area contributed by atoms with E-state index < -0.39 is 37.5 Å². The molecule has 0 radical (unpaired) electrons. The van der Waals surface area contributed by atoms with Gasteiger partial charge in [-0.2, -0.15) is 4.98 Å². The Morgan fingerprint density at radius 2 is 2.21 bits per heavy atom. The third-order valence-corrected chi connectivity index (χ3v) is 4.41. The number of nitrogens with two attached hydrogens (primary N) is 1. The zero-order valence-corrected chi connectivity index (χ0v) is 14.6. The first-order chi connectivity index (χ1) is 11.0. The summed E-state index contributed by atoms with van der Waals surface area (Å²) in [7, 11) is -4.29.